The fourth-order valence-corrected chi connectivity index (χ4v) is 12.6. The lowest BCUT2D eigenvalue weighted by Gasteiger charge is -2.27. The first-order chi connectivity index (χ1) is 62.5. The number of hydrogen-bond donors (Lipinski definition) is 4. The highest BCUT2D eigenvalue weighted by atomic mass is 35.5. The normalized spacial score (nSPS) is 13.7. The largest absolute Gasteiger partial charge is 0.478 e. The van der Waals surface area contributed by atoms with Crippen molar-refractivity contribution in [2.45, 2.75) is 148 Å². The summed E-state index contributed by atoms with van der Waals surface area (Å²) in [6.45, 7) is 19.2. The van der Waals surface area contributed by atoms with Crippen LogP contribution in [0.25, 0.3) is 0 Å². The fourth-order valence-electron chi connectivity index (χ4n) is 11.7. The molecule has 1 aromatic heterocycles. The number of rotatable bonds is 28. The highest BCUT2D eigenvalue weighted by Gasteiger charge is 2.37. The predicted molar refractivity (Wildman–Crippen MR) is 469 cm³/mol. The van der Waals surface area contributed by atoms with E-state index in [1.54, 1.807) is 59.7 Å². The van der Waals surface area contributed by atoms with Gasteiger partial charge in [-0.1, -0.05) is 109 Å². The standard InChI is InChI=1S/2C16H20N2O5.C14H18N4O4S.C11H14N2O2.2C8H14N2O3.C8H8O2S.C5H7ClO3/c2*1-2-22-15(20)11-14(19)17-9-6-10-18(17)16(21)23-12-13-7-4-3-5-8-13;1-3-22-12(20)9-11(19)17-7-4-8-18(17)13(21)10-5-6-15-14(16-10)23-2;14-11(13-8-4-7-12-13)15-9-10-5-2-1-3-6-10;2*1-2-13-8(12)6-7(11)10-5-3-4-9-10;1-11-7-4-2-3-6(5-7)8(9)10;1-2-9-5(8)3-4(6)7/h2*3-5,7-8H,2,6,9-12H2,1H3;5-6H,3-4,7-9H2,1-2H3;1-3,5-6,12H,4,7-9H2;2*9H,2-6H2,1H3;2-5H,1H3,(H,9,10);2-3H2,1H3. The Morgan fingerprint density at radius 1 is 0.362 bits per heavy atom. The molecule has 4 N–H and O–H groups in total. The average Bonchev–Trinajstić information content (AvgIpc) is 1.79. The molecule has 9 amide bonds. The summed E-state index contributed by atoms with van der Waals surface area (Å²) >= 11 is 7.73. The zero-order chi connectivity index (χ0) is 95.6. The molecule has 0 bridgehead atoms. The molecule has 6 fully saturated rings. The number of aromatic carboxylic acids is 1. The number of carboxylic acids is 1. The number of carboxylic acid groups (broad SMARTS) is 1. The van der Waals surface area contributed by atoms with Crippen molar-refractivity contribution < 1.29 is 129 Å². The van der Waals surface area contributed by atoms with Crippen LogP contribution in [0.2, 0.25) is 0 Å². The number of carbonyl (C=O) groups excluding carboxylic acids is 16. The lowest BCUT2D eigenvalue weighted by Crippen LogP contribution is -2.45. The minimum Gasteiger partial charge on any atom is -0.478 e. The van der Waals surface area contributed by atoms with E-state index in [0.29, 0.717) is 102 Å². The maximum Gasteiger partial charge on any atom is 0.429 e. The van der Waals surface area contributed by atoms with E-state index in [9.17, 15) is 81.5 Å². The molecule has 4 aromatic carbocycles. The van der Waals surface area contributed by atoms with E-state index in [4.69, 9.17) is 45.1 Å². The number of aromatic nitrogens is 2. The van der Waals surface area contributed by atoms with E-state index < -0.39 is 76.9 Å². The van der Waals surface area contributed by atoms with Crippen LogP contribution in [0.5, 0.6) is 0 Å². The Bertz CT molecular complexity index is 4300. The molecule has 44 heteroatoms. The number of hydrogen-bond acceptors (Lipinski definition) is 33. The second kappa shape index (κ2) is 63.4. The summed E-state index contributed by atoms with van der Waals surface area (Å²) in [6.07, 6.45) is 6.77. The Morgan fingerprint density at radius 2 is 0.692 bits per heavy atom. The molecule has 5 aromatic rings. The Labute approximate surface area is 767 Å². The van der Waals surface area contributed by atoms with Crippen LogP contribution in [-0.4, -0.2) is 292 Å². The predicted octanol–water partition coefficient (Wildman–Crippen LogP) is 7.89. The third-order valence-electron chi connectivity index (χ3n) is 17.6. The van der Waals surface area contributed by atoms with Gasteiger partial charge in [-0.05, 0) is 145 Å². The number of halogens is 1. The van der Waals surface area contributed by atoms with Gasteiger partial charge in [0.15, 0.2) is 5.16 Å². The second-order valence-corrected chi connectivity index (χ2v) is 29.2. The first-order valence-electron chi connectivity index (χ1n) is 41.9. The summed E-state index contributed by atoms with van der Waals surface area (Å²) in [6, 6.07) is 36.6. The number of nitrogens with one attached hydrogen (secondary N) is 3. The van der Waals surface area contributed by atoms with Crippen LogP contribution in [-0.2, 0) is 120 Å². The van der Waals surface area contributed by atoms with Crippen LogP contribution >= 0.6 is 35.1 Å². The summed E-state index contributed by atoms with van der Waals surface area (Å²) in [5.41, 5.74) is 12.0. The van der Waals surface area contributed by atoms with Gasteiger partial charge in [-0.25, -0.2) is 75.5 Å². The average molecular weight is 1880 g/mol. The van der Waals surface area contributed by atoms with Gasteiger partial charge in [0.05, 0.1) is 45.2 Å². The molecule has 130 heavy (non-hydrogen) atoms. The number of esters is 6. The van der Waals surface area contributed by atoms with Crippen molar-refractivity contribution in [3.8, 4) is 0 Å². The molecule has 6 aliphatic heterocycles. The molecule has 0 aliphatic carbocycles. The summed E-state index contributed by atoms with van der Waals surface area (Å²) < 4.78 is 43.6. The van der Waals surface area contributed by atoms with Gasteiger partial charge in [0.2, 0.25) is 17.1 Å². The van der Waals surface area contributed by atoms with Crippen molar-refractivity contribution in [2.75, 3.05) is 131 Å². The number of carbonyl (C=O) groups is 17. The van der Waals surface area contributed by atoms with Crippen LogP contribution in [0, 0.1) is 0 Å². The van der Waals surface area contributed by atoms with Gasteiger partial charge in [0, 0.05) is 89.6 Å². The SMILES string of the molecule is CCOC(=O)CC(=O)Cl.CCOC(=O)CC(=O)N1CCCN1.CCOC(=O)CC(=O)N1CCCN1.CCOC(=O)CC(=O)N1CCCN1C(=O)OCc1ccccc1.CCOC(=O)CC(=O)N1CCCN1C(=O)OCc1ccccc1.CCOC(=O)CC(=O)N1CCCN1C(=O)c1ccnc(SC)n1.CSc1cccc(C(=O)O)c1.O=C(OCc1ccccc1)N1CCCN1. The summed E-state index contributed by atoms with van der Waals surface area (Å²) in [5, 5.41) is 20.5. The van der Waals surface area contributed by atoms with Crippen LogP contribution in [0.3, 0.4) is 0 Å². The number of thioether (sulfide) groups is 2. The molecule has 0 unspecified atom stereocenters. The smallest absolute Gasteiger partial charge is 0.429 e. The van der Waals surface area contributed by atoms with Crippen molar-refractivity contribution in [3.63, 3.8) is 0 Å². The fraction of sp³-hybridized carbons (Fsp3) is 0.477. The van der Waals surface area contributed by atoms with Gasteiger partial charge in [0.25, 0.3) is 23.6 Å². The van der Waals surface area contributed by atoms with Crippen LogP contribution in [0.15, 0.2) is 138 Å². The van der Waals surface area contributed by atoms with Crippen molar-refractivity contribution in [2.24, 2.45) is 0 Å². The molecule has 0 saturated carbocycles. The van der Waals surface area contributed by atoms with Crippen molar-refractivity contribution >= 4 is 136 Å². The third kappa shape index (κ3) is 43.0. The molecule has 710 valence electrons. The number of ether oxygens (including phenoxy) is 9. The second-order valence-electron chi connectivity index (χ2n) is 27.1. The van der Waals surface area contributed by atoms with Crippen LogP contribution < -0.4 is 16.3 Å². The lowest BCUT2D eigenvalue weighted by molar-refractivity contribution is -0.154. The van der Waals surface area contributed by atoms with Gasteiger partial charge >= 0.3 is 60.1 Å². The van der Waals surface area contributed by atoms with Gasteiger partial charge in [-0.3, -0.25) is 77.4 Å². The molecule has 0 radical (unpaired) electrons. The van der Waals surface area contributed by atoms with Gasteiger partial charge in [-0.2, -0.15) is 0 Å². The minimum atomic E-state index is -0.874. The number of benzene rings is 4. The quantitative estimate of drug-likeness (QED) is 0.00923. The van der Waals surface area contributed by atoms with E-state index in [1.165, 1.54) is 80.9 Å². The molecular formula is C86H115ClN14O27S2. The maximum atomic E-state index is 12.6. The summed E-state index contributed by atoms with van der Waals surface area (Å²) in [4.78, 5) is 203. The Kier molecular flexibility index (Phi) is 53.5. The van der Waals surface area contributed by atoms with Crippen LogP contribution in [0.1, 0.15) is 156 Å². The highest BCUT2D eigenvalue weighted by Crippen LogP contribution is 2.21. The van der Waals surface area contributed by atoms with E-state index in [2.05, 4.69) is 40.5 Å². The molecule has 6 saturated heterocycles. The first kappa shape index (κ1) is 110. The Balaban J connectivity index is 0.000000317. The molecule has 0 atom stereocenters. The van der Waals surface area contributed by atoms with Crippen molar-refractivity contribution in [1.29, 1.82) is 0 Å². The molecule has 0 spiro atoms. The van der Waals surface area contributed by atoms with E-state index in [0.717, 1.165) is 67.0 Å². The topological polar surface area (TPSA) is 485 Å². The lowest BCUT2D eigenvalue weighted by atomic mass is 10.2. The van der Waals surface area contributed by atoms with Gasteiger partial charge in [0.1, 0.15) is 64.0 Å². The number of hydrazine groups is 6. The maximum absolute atomic E-state index is 12.6. The van der Waals surface area contributed by atoms with Crippen molar-refractivity contribution in [3.05, 3.63) is 155 Å². The first-order valence-corrected chi connectivity index (χ1v) is 44.7. The highest BCUT2D eigenvalue weighted by molar-refractivity contribution is 7.98. The Hall–Kier alpha value is -12.6. The van der Waals surface area contributed by atoms with Gasteiger partial charge < -0.3 is 47.7 Å². The minimum absolute atomic E-state index is 0.135. The third-order valence-corrected chi connectivity index (χ3v) is 19.0. The number of amides is 9. The molecule has 11 rings (SSSR count). The van der Waals surface area contributed by atoms with Gasteiger partial charge in [-0.15, -0.1) is 11.8 Å². The summed E-state index contributed by atoms with van der Waals surface area (Å²) in [7, 11) is 0. The monoisotopic (exact) mass is 1870 g/mol. The number of nitrogens with zero attached hydrogens (tertiary/aromatic N) is 11. The van der Waals surface area contributed by atoms with E-state index >= 15 is 0 Å². The molecule has 7 heterocycles. The zero-order valence-electron chi connectivity index (χ0n) is 74.1. The molecule has 6 aliphatic rings. The van der Waals surface area contributed by atoms with Crippen LogP contribution in [0.4, 0.5) is 14.4 Å². The summed E-state index contributed by atoms with van der Waals surface area (Å²) in [5.74, 6) is -6.32. The van der Waals surface area contributed by atoms with E-state index in [-0.39, 0.29) is 108 Å². The molecule has 41 nitrogen and oxygen atoms in total. The van der Waals surface area contributed by atoms with Crippen molar-refractivity contribution in [1.82, 2.24) is 71.3 Å². The van der Waals surface area contributed by atoms with E-state index in [1.807, 2.05) is 110 Å². The molecular weight excluding hydrogens is 1760 g/mol. The zero-order valence-corrected chi connectivity index (χ0v) is 76.5. The Morgan fingerprint density at radius 3 is 1.02 bits per heavy atom.